The van der Waals surface area contributed by atoms with Gasteiger partial charge in [-0.2, -0.15) is 0 Å². The summed E-state index contributed by atoms with van der Waals surface area (Å²) >= 11 is 0. The van der Waals surface area contributed by atoms with Crippen molar-refractivity contribution in [2.75, 3.05) is 0 Å². The number of carbonyl (C=O) groups is 1. The zero-order valence-electron chi connectivity index (χ0n) is 9.80. The fourth-order valence-corrected chi connectivity index (χ4v) is 2.86. The number of carboxylic acid groups (broad SMARTS) is 1. The van der Waals surface area contributed by atoms with Crippen molar-refractivity contribution in [2.45, 2.75) is 43.6 Å². The maximum Gasteiger partial charge on any atom is 0.306 e. The number of hydrogen-bond donors (Lipinski definition) is 2. The number of aliphatic hydroxyl groups is 1. The Morgan fingerprint density at radius 3 is 2.65 bits per heavy atom. The summed E-state index contributed by atoms with van der Waals surface area (Å²) in [5.41, 5.74) is -0.0261. The molecule has 2 N–H and O–H groups in total. The molecule has 2 rings (SSSR count). The molecule has 1 aliphatic rings. The molecule has 0 bridgehead atoms. The lowest BCUT2D eigenvalue weighted by atomic mass is 9.70. The Morgan fingerprint density at radius 1 is 1.29 bits per heavy atom. The van der Waals surface area contributed by atoms with Gasteiger partial charge in [-0.25, -0.2) is 0 Å². The summed E-state index contributed by atoms with van der Waals surface area (Å²) < 4.78 is 0. The number of hydrogen-bond acceptors (Lipinski definition) is 2. The SMILES string of the molecule is O=C(O)C[C@@]1(O)CCCC[C@@H]1c1ccccc1. The molecular formula is C14H18O3. The van der Waals surface area contributed by atoms with Crippen molar-refractivity contribution in [1.29, 1.82) is 0 Å². The first-order valence-electron chi connectivity index (χ1n) is 6.11. The second-order valence-electron chi connectivity index (χ2n) is 4.88. The van der Waals surface area contributed by atoms with Crippen LogP contribution >= 0.6 is 0 Å². The second-order valence-corrected chi connectivity index (χ2v) is 4.88. The van der Waals surface area contributed by atoms with E-state index in [1.165, 1.54) is 0 Å². The lowest BCUT2D eigenvalue weighted by Gasteiger charge is -2.39. The number of aliphatic carboxylic acids is 1. The molecular weight excluding hydrogens is 216 g/mol. The molecule has 0 aliphatic heterocycles. The molecule has 3 heteroatoms. The van der Waals surface area contributed by atoms with Gasteiger partial charge in [0.05, 0.1) is 12.0 Å². The van der Waals surface area contributed by atoms with Gasteiger partial charge in [-0.3, -0.25) is 4.79 Å². The van der Waals surface area contributed by atoms with Crippen molar-refractivity contribution in [3.05, 3.63) is 35.9 Å². The van der Waals surface area contributed by atoms with E-state index in [0.29, 0.717) is 6.42 Å². The summed E-state index contributed by atoms with van der Waals surface area (Å²) in [5, 5.41) is 19.5. The summed E-state index contributed by atoms with van der Waals surface area (Å²) in [5.74, 6) is -0.969. The van der Waals surface area contributed by atoms with E-state index < -0.39 is 11.6 Å². The summed E-state index contributed by atoms with van der Waals surface area (Å²) in [6, 6.07) is 9.75. The van der Waals surface area contributed by atoms with Crippen LogP contribution in [0.1, 0.15) is 43.6 Å². The monoisotopic (exact) mass is 234 g/mol. The van der Waals surface area contributed by atoms with Gasteiger partial charge >= 0.3 is 5.97 Å². The van der Waals surface area contributed by atoms with E-state index >= 15 is 0 Å². The highest BCUT2D eigenvalue weighted by Crippen LogP contribution is 2.42. The predicted octanol–water partition coefficient (Wildman–Crippen LogP) is 2.55. The molecule has 92 valence electrons. The van der Waals surface area contributed by atoms with Crippen LogP contribution < -0.4 is 0 Å². The first-order chi connectivity index (χ1) is 8.12. The van der Waals surface area contributed by atoms with Crippen molar-refractivity contribution >= 4 is 5.97 Å². The van der Waals surface area contributed by atoms with Crippen LogP contribution in [0.25, 0.3) is 0 Å². The van der Waals surface area contributed by atoms with Crippen molar-refractivity contribution in [2.24, 2.45) is 0 Å². The van der Waals surface area contributed by atoms with E-state index in [1.54, 1.807) is 0 Å². The van der Waals surface area contributed by atoms with E-state index in [4.69, 9.17) is 5.11 Å². The van der Waals surface area contributed by atoms with Gasteiger partial charge in [0.2, 0.25) is 0 Å². The van der Waals surface area contributed by atoms with Gasteiger partial charge in [0, 0.05) is 5.92 Å². The highest BCUT2D eigenvalue weighted by atomic mass is 16.4. The Labute approximate surface area is 101 Å². The van der Waals surface area contributed by atoms with Crippen molar-refractivity contribution in [1.82, 2.24) is 0 Å². The van der Waals surface area contributed by atoms with Crippen molar-refractivity contribution < 1.29 is 15.0 Å². The molecule has 0 radical (unpaired) electrons. The van der Waals surface area contributed by atoms with Gasteiger partial charge in [0.25, 0.3) is 0 Å². The fourth-order valence-electron chi connectivity index (χ4n) is 2.86. The van der Waals surface area contributed by atoms with Gasteiger partial charge in [0.1, 0.15) is 0 Å². The van der Waals surface area contributed by atoms with Gasteiger partial charge in [-0.15, -0.1) is 0 Å². The van der Waals surface area contributed by atoms with E-state index in [1.807, 2.05) is 30.3 Å². The minimum absolute atomic E-state index is 0.0476. The average molecular weight is 234 g/mol. The third kappa shape index (κ3) is 2.67. The maximum atomic E-state index is 10.9. The zero-order chi connectivity index (χ0) is 12.3. The van der Waals surface area contributed by atoms with Crippen LogP contribution in [-0.4, -0.2) is 21.8 Å². The largest absolute Gasteiger partial charge is 0.481 e. The minimum atomic E-state index is -1.08. The third-order valence-electron chi connectivity index (χ3n) is 3.66. The highest BCUT2D eigenvalue weighted by Gasteiger charge is 2.41. The maximum absolute atomic E-state index is 10.9. The van der Waals surface area contributed by atoms with Crippen LogP contribution in [0.2, 0.25) is 0 Å². The normalized spacial score (nSPS) is 28.9. The molecule has 0 unspecified atom stereocenters. The summed E-state index contributed by atoms with van der Waals surface area (Å²) in [6.45, 7) is 0. The standard InChI is InChI=1S/C14H18O3/c15-13(16)10-14(17)9-5-4-8-12(14)11-6-2-1-3-7-11/h1-3,6-7,12,17H,4-5,8-10H2,(H,15,16)/t12-,14+/m1/s1. The van der Waals surface area contributed by atoms with Crippen molar-refractivity contribution in [3.8, 4) is 0 Å². The first-order valence-corrected chi connectivity index (χ1v) is 6.11. The number of rotatable bonds is 3. The quantitative estimate of drug-likeness (QED) is 0.845. The molecule has 1 aromatic carbocycles. The van der Waals surface area contributed by atoms with Crippen LogP contribution in [0.4, 0.5) is 0 Å². The Balaban J connectivity index is 2.26. The molecule has 3 nitrogen and oxygen atoms in total. The summed E-state index contributed by atoms with van der Waals surface area (Å²) in [7, 11) is 0. The van der Waals surface area contributed by atoms with Crippen LogP contribution in [0.3, 0.4) is 0 Å². The fraction of sp³-hybridized carbons (Fsp3) is 0.500. The molecule has 1 saturated carbocycles. The highest BCUT2D eigenvalue weighted by molar-refractivity contribution is 5.68. The second kappa shape index (κ2) is 4.88. The van der Waals surface area contributed by atoms with Gasteiger partial charge in [-0.05, 0) is 18.4 Å². The van der Waals surface area contributed by atoms with Crippen molar-refractivity contribution in [3.63, 3.8) is 0 Å². The van der Waals surface area contributed by atoms with E-state index in [9.17, 15) is 9.90 Å². The smallest absolute Gasteiger partial charge is 0.306 e. The predicted molar refractivity (Wildman–Crippen MR) is 64.9 cm³/mol. The molecule has 1 fully saturated rings. The average Bonchev–Trinajstić information content (AvgIpc) is 2.29. The lowest BCUT2D eigenvalue weighted by molar-refractivity contribution is -0.145. The Bertz CT molecular complexity index is 388. The first kappa shape index (κ1) is 12.1. The summed E-state index contributed by atoms with van der Waals surface area (Å²) in [4.78, 5) is 10.9. The number of carboxylic acids is 1. The lowest BCUT2D eigenvalue weighted by Crippen LogP contribution is -2.41. The van der Waals surface area contributed by atoms with Gasteiger partial charge < -0.3 is 10.2 Å². The molecule has 0 amide bonds. The minimum Gasteiger partial charge on any atom is -0.481 e. The van der Waals surface area contributed by atoms with Crippen LogP contribution in [0.5, 0.6) is 0 Å². The molecule has 0 aromatic heterocycles. The van der Waals surface area contributed by atoms with Gasteiger partial charge in [-0.1, -0.05) is 43.2 Å². The molecule has 0 saturated heterocycles. The molecule has 1 aliphatic carbocycles. The summed E-state index contributed by atoms with van der Waals surface area (Å²) in [6.07, 6.45) is 3.26. The van der Waals surface area contributed by atoms with Crippen LogP contribution in [-0.2, 0) is 4.79 Å². The van der Waals surface area contributed by atoms with Gasteiger partial charge in [0.15, 0.2) is 0 Å². The molecule has 0 heterocycles. The van der Waals surface area contributed by atoms with Crippen LogP contribution in [0, 0.1) is 0 Å². The topological polar surface area (TPSA) is 57.5 Å². The van der Waals surface area contributed by atoms with E-state index in [2.05, 4.69) is 0 Å². The third-order valence-corrected chi connectivity index (χ3v) is 3.66. The van der Waals surface area contributed by atoms with Crippen LogP contribution in [0.15, 0.2) is 30.3 Å². The molecule has 0 spiro atoms. The Kier molecular flexibility index (Phi) is 3.48. The zero-order valence-corrected chi connectivity index (χ0v) is 9.80. The Hall–Kier alpha value is -1.35. The molecule has 17 heavy (non-hydrogen) atoms. The van der Waals surface area contributed by atoms with E-state index in [0.717, 1.165) is 24.8 Å². The number of benzene rings is 1. The Morgan fingerprint density at radius 2 is 2.00 bits per heavy atom. The molecule has 2 atom stereocenters. The molecule has 1 aromatic rings. The van der Waals surface area contributed by atoms with E-state index in [-0.39, 0.29) is 12.3 Å².